The van der Waals surface area contributed by atoms with Gasteiger partial charge < -0.3 is 25.2 Å². The average Bonchev–Trinajstić information content (AvgIpc) is 1.68. The number of allylic oxidation sites excluding steroid dienone is 13. The Morgan fingerprint density at radius 2 is 1.05 bits per heavy atom. The van der Waals surface area contributed by atoms with E-state index in [1.165, 1.54) is 58.4 Å². The highest BCUT2D eigenvalue weighted by Crippen LogP contribution is 2.28. The van der Waals surface area contributed by atoms with E-state index in [-0.39, 0.29) is 64.7 Å². The zero-order valence-corrected chi connectivity index (χ0v) is 82.9. The van der Waals surface area contributed by atoms with Crippen molar-refractivity contribution < 1.29 is 107 Å². The summed E-state index contributed by atoms with van der Waals surface area (Å²) in [6.45, 7) is 34.2. The fraction of sp³-hybridized carbons (Fsp3) is 0.463. The number of para-hydroxylation sites is 2. The molecule has 0 radical (unpaired) electrons. The second-order valence-corrected chi connectivity index (χ2v) is 35.1. The predicted octanol–water partition coefficient (Wildman–Crippen LogP) is 22.4. The number of carbonyl (C=O) groups is 16. The van der Waals surface area contributed by atoms with Crippen molar-refractivity contribution in [2.45, 2.75) is 285 Å². The van der Waals surface area contributed by atoms with E-state index in [2.05, 4.69) is 60.6 Å². The summed E-state index contributed by atoms with van der Waals surface area (Å²) >= 11 is 0. The highest BCUT2D eigenvalue weighted by atomic mass is 16.6. The van der Waals surface area contributed by atoms with Crippen molar-refractivity contribution in [1.29, 1.82) is 0 Å². The maximum Gasteiger partial charge on any atom is 0.331 e. The molecule has 4 aromatic carbocycles. The van der Waals surface area contributed by atoms with Crippen LogP contribution >= 0.6 is 0 Å². The number of imide groups is 2. The smallest absolute Gasteiger partial charge is 0.331 e. The van der Waals surface area contributed by atoms with E-state index in [4.69, 9.17) is 20.4 Å². The lowest BCUT2D eigenvalue weighted by molar-refractivity contribution is -0.482. The largest absolute Gasteiger partial charge is 0.481 e. The van der Waals surface area contributed by atoms with Crippen LogP contribution in [0.4, 0.5) is 11.4 Å². The van der Waals surface area contributed by atoms with Crippen molar-refractivity contribution in [2.24, 2.45) is 35.5 Å². The van der Waals surface area contributed by atoms with Crippen LogP contribution in [0.1, 0.15) is 296 Å². The molecule has 136 heavy (non-hydrogen) atoms. The summed E-state index contributed by atoms with van der Waals surface area (Å²) in [7, 11) is 0. The van der Waals surface area contributed by atoms with Crippen molar-refractivity contribution >= 4 is 112 Å². The molecular weight excluding hydrogens is 1740 g/mol. The van der Waals surface area contributed by atoms with E-state index in [9.17, 15) is 96.9 Å². The maximum absolute atomic E-state index is 11.6. The van der Waals surface area contributed by atoms with Gasteiger partial charge in [-0.15, -0.1) is 0 Å². The number of nitrogens with zero attached hydrogens (tertiary/aromatic N) is 4. The molecule has 742 valence electrons. The number of ketones is 6. The Morgan fingerprint density at radius 1 is 0.544 bits per heavy atom. The minimum absolute atomic E-state index is 0.00111. The summed E-state index contributed by atoms with van der Waals surface area (Å²) < 4.78 is 0. The van der Waals surface area contributed by atoms with Gasteiger partial charge in [0.1, 0.15) is 29.9 Å². The molecule has 4 amide bonds. The Morgan fingerprint density at radius 3 is 1.37 bits per heavy atom. The van der Waals surface area contributed by atoms with Crippen molar-refractivity contribution in [2.75, 3.05) is 16.3 Å². The first-order valence-electron chi connectivity index (χ1n) is 46.1. The topological polar surface area (TPSA) is 447 Å². The van der Waals surface area contributed by atoms with Crippen LogP contribution in [-0.4, -0.2) is 132 Å². The van der Waals surface area contributed by atoms with Gasteiger partial charge in [-0.2, -0.15) is 0 Å². The first-order valence-corrected chi connectivity index (χ1v) is 46.1. The van der Waals surface area contributed by atoms with Gasteiger partial charge in [0.05, 0.1) is 28.6 Å². The predicted molar refractivity (Wildman–Crippen MR) is 532 cm³/mol. The van der Waals surface area contributed by atoms with Gasteiger partial charge in [0.2, 0.25) is 24.6 Å². The Labute approximate surface area is 803 Å². The van der Waals surface area contributed by atoms with Crippen molar-refractivity contribution in [3.05, 3.63) is 252 Å². The summed E-state index contributed by atoms with van der Waals surface area (Å²) in [6.07, 6.45) is 37.6. The van der Waals surface area contributed by atoms with Crippen LogP contribution in [0.15, 0.2) is 221 Å². The standard InChI is InChI=1S/C11H11NO2.C11H9NO2.C10H18O.C10H16O.C9H11NO2.C9H9NO2.C7H12O.C7H10O.C6H10O.C6H8O.C6H10O.C6H8O.C5H8O4.C5H6O4/c2*1-8-7-10(13)12(11(8)14)9-5-3-2-4-6-9;2*1-9(2)5-4-6-10(3)7-8-11;2*1-8(7-10(11)12)9-5-3-2-4-6-9;2*1-6-3-2-4-7(8)5-6;2*1-5-2-3-6(7)4-5;2*1-5-3-2-4-6(5)7;2*1-3(5(8)9)2-4(6)7/h2-6,8H,7H2,1H3;2-7H,1H3;5,8,10H,4,6-7H2,1-3H3;5,7-8H,4,6H2,1-3H3;2-6,8H,7H2,1H3;2-7H,1H3;6H,2-5H2,1H3;5H,2-4H2,1H3;5H,2-4H2,1H3;4H,2-3H2,1H3;5H,2-4H2,1H3;3H,2,4H2,1H3;3H,2H2,1H3,(H,6,7)(H,8,9);2H,1H3,(H,6,7)(H,8,9)/b;;;10-7-;;8-7+;;;;;;;;3-2-. The summed E-state index contributed by atoms with van der Waals surface area (Å²) in [4.78, 5) is 191. The molecule has 4 fully saturated rings. The molecule has 0 bridgehead atoms. The van der Waals surface area contributed by atoms with Gasteiger partial charge in [-0.25, -0.2) is 14.5 Å². The third-order valence-corrected chi connectivity index (χ3v) is 21.2. The molecule has 12 rings (SSSR count). The zero-order chi connectivity index (χ0) is 104. The molecule has 6 aliphatic carbocycles. The number of aliphatic carboxylic acids is 4. The molecule has 0 aromatic heterocycles. The Bertz CT molecular complexity index is 4790. The number of benzene rings is 4. The maximum atomic E-state index is 11.6. The van der Waals surface area contributed by atoms with Crippen molar-refractivity contribution in [3.63, 3.8) is 0 Å². The first kappa shape index (κ1) is 125. The molecule has 7 atom stereocenters. The summed E-state index contributed by atoms with van der Waals surface area (Å²) in [5.74, 6) is -1.73. The van der Waals surface area contributed by atoms with Gasteiger partial charge in [0, 0.05) is 116 Å². The minimum atomic E-state index is -1.24. The summed E-state index contributed by atoms with van der Waals surface area (Å²) in [5, 5.41) is 52.6. The van der Waals surface area contributed by atoms with Gasteiger partial charge in [-0.05, 0) is 237 Å². The minimum Gasteiger partial charge on any atom is -0.481 e. The number of nitro groups is 2. The number of anilines is 2. The van der Waals surface area contributed by atoms with Crippen LogP contribution < -0.4 is 9.80 Å². The second kappa shape index (κ2) is 72.3. The highest BCUT2D eigenvalue weighted by molar-refractivity contribution is 6.30. The molecule has 7 unspecified atom stereocenters. The summed E-state index contributed by atoms with van der Waals surface area (Å²) in [6, 6.07) is 36.7. The highest BCUT2D eigenvalue weighted by Gasteiger charge is 2.36. The molecule has 4 aromatic rings. The van der Waals surface area contributed by atoms with Gasteiger partial charge in [0.25, 0.3) is 11.8 Å². The van der Waals surface area contributed by atoms with Crippen molar-refractivity contribution in [1.82, 2.24) is 0 Å². The number of aldehydes is 2. The SMILES string of the molecule is C/C(=C/C(=O)O)C(=O)O.C/C(=C\[N+](=O)[O-])c1ccccc1.CC(C)=CCC/C(C)=C\C=O.CC(C)=CCCC(C)CC=O.CC(CC(=O)O)C(=O)O.CC(C[N+](=O)[O-])c1ccccc1.CC1=CC(=O)CC1.CC1=CC(=O)CCC1.CC1=CC(=O)N(c2ccccc2)C1=O.CC1=CCCC1=O.CC1CC(=O)N(c2ccccc2)C1=O.CC1CCC(=O)C1.CC1CCCC(=O)C1.CC1CCCC1=O. The van der Waals surface area contributed by atoms with Crippen LogP contribution in [-0.2, 0) is 76.7 Å². The molecule has 3 saturated carbocycles. The Balaban J connectivity index is 0. The Kier molecular flexibility index (Phi) is 66.4. The Hall–Kier alpha value is -13.1. The van der Waals surface area contributed by atoms with E-state index in [1.807, 2.05) is 133 Å². The van der Waals surface area contributed by atoms with Crippen molar-refractivity contribution in [3.8, 4) is 0 Å². The number of hydrogen-bond donors (Lipinski definition) is 4. The van der Waals surface area contributed by atoms with Gasteiger partial charge in [-0.3, -0.25) is 87.5 Å². The van der Waals surface area contributed by atoms with Gasteiger partial charge in [-0.1, -0.05) is 192 Å². The number of Topliss-reactive ketones (excluding diaryl/α,β-unsaturated/α-hetero) is 4. The average molecular weight is 1880 g/mol. The fourth-order valence-corrected chi connectivity index (χ4v) is 13.1. The molecule has 4 N–H and O–H groups in total. The van der Waals surface area contributed by atoms with E-state index < -0.39 is 34.7 Å². The zero-order valence-electron chi connectivity index (χ0n) is 82.9. The van der Waals surface area contributed by atoms with Crippen LogP contribution in [0, 0.1) is 55.7 Å². The van der Waals surface area contributed by atoms with E-state index in [0.717, 1.165) is 169 Å². The quantitative estimate of drug-likeness (QED) is 0.0150. The number of carboxylic acids is 4. The van der Waals surface area contributed by atoms with Gasteiger partial charge >= 0.3 is 23.9 Å². The van der Waals surface area contributed by atoms with E-state index >= 15 is 0 Å². The van der Waals surface area contributed by atoms with Crippen LogP contribution in [0.5, 0.6) is 0 Å². The molecule has 8 aliphatic rings. The molecule has 2 heterocycles. The fourth-order valence-electron chi connectivity index (χ4n) is 13.1. The monoisotopic (exact) mass is 1880 g/mol. The molecule has 28 nitrogen and oxygen atoms in total. The third kappa shape index (κ3) is 62.4. The second-order valence-electron chi connectivity index (χ2n) is 35.1. The number of rotatable bonds is 21. The number of amides is 4. The lowest BCUT2D eigenvalue weighted by Gasteiger charge is -2.14. The molecule has 0 spiro atoms. The van der Waals surface area contributed by atoms with Crippen LogP contribution in [0.3, 0.4) is 0 Å². The third-order valence-electron chi connectivity index (χ3n) is 21.2. The molecular formula is C108H146N4O24. The molecule has 2 aliphatic heterocycles. The van der Waals surface area contributed by atoms with Crippen LogP contribution in [0.25, 0.3) is 5.57 Å². The first-order chi connectivity index (χ1) is 64.0. The van der Waals surface area contributed by atoms with E-state index in [0.29, 0.717) is 94.0 Å². The number of carbonyl (C=O) groups excluding carboxylic acids is 12. The normalized spacial score (nSPS) is 17.8. The molecule has 1 saturated heterocycles. The molecule has 28 heteroatoms. The van der Waals surface area contributed by atoms with Crippen LogP contribution in [0.2, 0.25) is 0 Å². The van der Waals surface area contributed by atoms with E-state index in [1.54, 1.807) is 75.4 Å². The number of hydrogen-bond acceptors (Lipinski definition) is 20. The lowest BCUT2D eigenvalue weighted by Crippen LogP contribution is -2.30. The number of carboxylic acid groups (broad SMARTS) is 4. The summed E-state index contributed by atoms with van der Waals surface area (Å²) in [5.41, 5.74) is 11.4. The lowest BCUT2D eigenvalue weighted by atomic mass is 9.90. The van der Waals surface area contributed by atoms with Gasteiger partial charge in [0.15, 0.2) is 17.3 Å².